The van der Waals surface area contributed by atoms with Gasteiger partial charge in [-0.2, -0.15) is 0 Å². The Kier molecular flexibility index (Phi) is 8.91. The van der Waals surface area contributed by atoms with E-state index in [-0.39, 0.29) is 41.0 Å². The maximum Gasteiger partial charge on any atom is 1.00 e. The molecule has 0 radical (unpaired) electrons. The molecule has 1 aromatic rings. The summed E-state index contributed by atoms with van der Waals surface area (Å²) in [6.45, 7) is 0. The van der Waals surface area contributed by atoms with Gasteiger partial charge in [-0.15, -0.1) is 5.06 Å². The van der Waals surface area contributed by atoms with E-state index in [0.717, 1.165) is 19.3 Å². The maximum absolute atomic E-state index is 11.7. The minimum Gasteiger partial charge on any atom is -0.747 e. The van der Waals surface area contributed by atoms with Gasteiger partial charge in [0.1, 0.15) is 15.4 Å². The van der Waals surface area contributed by atoms with Crippen LogP contribution >= 0.6 is 0 Å². The molecule has 0 bridgehead atoms. The van der Waals surface area contributed by atoms with Gasteiger partial charge >= 0.3 is 35.5 Å². The molecule has 0 aromatic heterocycles. The smallest absolute Gasteiger partial charge is 0.747 e. The summed E-state index contributed by atoms with van der Waals surface area (Å²) < 4.78 is 32.7. The molecule has 1 atom stereocenters. The predicted molar refractivity (Wildman–Crippen MR) is 84.7 cm³/mol. The van der Waals surface area contributed by atoms with Crippen LogP contribution in [0.3, 0.4) is 0 Å². The van der Waals surface area contributed by atoms with Crippen molar-refractivity contribution < 1.29 is 61.7 Å². The van der Waals surface area contributed by atoms with E-state index in [1.807, 2.05) is 30.3 Å². The van der Waals surface area contributed by atoms with Crippen molar-refractivity contribution in [3.8, 4) is 0 Å². The number of benzene rings is 1. The van der Waals surface area contributed by atoms with Crippen molar-refractivity contribution in [1.29, 1.82) is 0 Å². The molecule has 0 saturated carbocycles. The minimum absolute atomic E-state index is 0. The van der Waals surface area contributed by atoms with E-state index >= 15 is 0 Å². The molecule has 8 nitrogen and oxygen atoms in total. The predicted octanol–water partition coefficient (Wildman–Crippen LogP) is -2.08. The van der Waals surface area contributed by atoms with E-state index in [4.69, 9.17) is 0 Å². The zero-order valence-electron chi connectivity index (χ0n) is 14.4. The molecule has 0 aliphatic carbocycles. The van der Waals surface area contributed by atoms with E-state index in [2.05, 4.69) is 4.84 Å². The van der Waals surface area contributed by atoms with Gasteiger partial charge in [0.25, 0.3) is 11.8 Å². The summed E-state index contributed by atoms with van der Waals surface area (Å²) in [6.07, 6.45) is 2.20. The molecule has 10 heteroatoms. The first kappa shape index (κ1) is 22.8. The largest absolute Gasteiger partial charge is 1.00 e. The molecule has 2 rings (SSSR count). The molecule has 1 fully saturated rings. The van der Waals surface area contributed by atoms with Crippen LogP contribution in [0.2, 0.25) is 0 Å². The minimum atomic E-state index is -4.96. The monoisotopic (exact) mass is 391 g/mol. The molecular formula is C16H18NNaO7S. The number of hydrogen-bond donors (Lipinski definition) is 0. The van der Waals surface area contributed by atoms with E-state index in [1.54, 1.807) is 0 Å². The molecule has 1 aromatic carbocycles. The Morgan fingerprint density at radius 2 is 1.81 bits per heavy atom. The Morgan fingerprint density at radius 3 is 2.38 bits per heavy atom. The molecule has 1 heterocycles. The van der Waals surface area contributed by atoms with Crippen LogP contribution in [0.1, 0.15) is 37.7 Å². The molecule has 1 unspecified atom stereocenters. The molecule has 136 valence electrons. The normalized spacial score (nSPS) is 17.1. The number of carbonyl (C=O) groups is 3. The van der Waals surface area contributed by atoms with Crippen molar-refractivity contribution in [3.05, 3.63) is 35.9 Å². The number of amides is 2. The summed E-state index contributed by atoms with van der Waals surface area (Å²) in [5.74, 6) is -3.13. The Bertz CT molecular complexity index is 751. The van der Waals surface area contributed by atoms with Crippen LogP contribution in [0.15, 0.2) is 30.3 Å². The van der Waals surface area contributed by atoms with Gasteiger partial charge in [-0.3, -0.25) is 9.59 Å². The summed E-state index contributed by atoms with van der Waals surface area (Å²) in [5, 5.41) is -1.93. The summed E-state index contributed by atoms with van der Waals surface area (Å²) in [7, 11) is -4.96. The molecule has 26 heavy (non-hydrogen) atoms. The van der Waals surface area contributed by atoms with Gasteiger partial charge < -0.3 is 9.39 Å². The van der Waals surface area contributed by atoms with Crippen LogP contribution in [0.4, 0.5) is 0 Å². The zero-order chi connectivity index (χ0) is 18.4. The number of aryl methyl sites for hydroxylation is 1. The zero-order valence-corrected chi connectivity index (χ0v) is 17.2. The first-order chi connectivity index (χ1) is 11.8. The third kappa shape index (κ3) is 6.48. The first-order valence-corrected chi connectivity index (χ1v) is 9.32. The van der Waals surface area contributed by atoms with Crippen molar-refractivity contribution in [3.63, 3.8) is 0 Å². The van der Waals surface area contributed by atoms with Gasteiger partial charge in [-0.25, -0.2) is 13.2 Å². The van der Waals surface area contributed by atoms with Crippen LogP contribution in [0, 0.1) is 0 Å². The van der Waals surface area contributed by atoms with Crippen LogP contribution in [-0.4, -0.2) is 41.1 Å². The summed E-state index contributed by atoms with van der Waals surface area (Å²) in [4.78, 5) is 39.5. The number of hydrogen-bond acceptors (Lipinski definition) is 7. The van der Waals surface area contributed by atoms with Gasteiger partial charge in [0.2, 0.25) is 0 Å². The summed E-state index contributed by atoms with van der Waals surface area (Å²) in [6, 6.07) is 9.86. The Hall–Kier alpha value is -1.26. The van der Waals surface area contributed by atoms with Gasteiger partial charge in [-0.1, -0.05) is 36.8 Å². The number of hydroxylamine groups is 2. The second-order valence-corrected chi connectivity index (χ2v) is 7.28. The quantitative estimate of drug-likeness (QED) is 0.216. The number of carbonyl (C=O) groups excluding carboxylic acids is 3. The molecule has 2 amide bonds. The fourth-order valence-corrected chi connectivity index (χ4v) is 3.16. The number of imide groups is 1. The van der Waals surface area contributed by atoms with E-state index in [9.17, 15) is 27.4 Å². The maximum atomic E-state index is 11.7. The number of nitrogens with zero attached hydrogens (tertiary/aromatic N) is 1. The van der Waals surface area contributed by atoms with Crippen molar-refractivity contribution >= 4 is 27.9 Å². The van der Waals surface area contributed by atoms with Gasteiger partial charge in [0.05, 0.1) is 6.42 Å². The topological polar surface area (TPSA) is 121 Å². The van der Waals surface area contributed by atoms with Crippen LogP contribution in [0.5, 0.6) is 0 Å². The van der Waals surface area contributed by atoms with Crippen LogP contribution in [0.25, 0.3) is 0 Å². The molecule has 1 aliphatic heterocycles. The van der Waals surface area contributed by atoms with Crippen LogP contribution in [-0.2, 0) is 35.8 Å². The Balaban J connectivity index is 0.00000338. The number of rotatable bonds is 8. The molecule has 1 saturated heterocycles. The van der Waals surface area contributed by atoms with Gasteiger partial charge in [0.15, 0.2) is 0 Å². The van der Waals surface area contributed by atoms with Gasteiger partial charge in [-0.05, 0) is 24.8 Å². The third-order valence-corrected chi connectivity index (χ3v) is 4.86. The van der Waals surface area contributed by atoms with Crippen molar-refractivity contribution in [2.45, 2.75) is 43.8 Å². The molecule has 0 N–H and O–H groups in total. The second-order valence-electron chi connectivity index (χ2n) is 5.72. The molecule has 0 spiro atoms. The van der Waals surface area contributed by atoms with E-state index < -0.39 is 39.6 Å². The fraction of sp³-hybridized carbons (Fsp3) is 0.438. The average Bonchev–Trinajstić information content (AvgIpc) is 2.84. The molecular weight excluding hydrogens is 373 g/mol. The SMILES string of the molecule is O=C(CCCCCc1ccccc1)ON1C(=O)CC(S(=O)(=O)[O-])C1=O.[Na+]. The summed E-state index contributed by atoms with van der Waals surface area (Å²) in [5.41, 5.74) is 1.20. The number of unbranched alkanes of at least 4 members (excludes halogenated alkanes) is 2. The van der Waals surface area contributed by atoms with Crippen molar-refractivity contribution in [1.82, 2.24) is 5.06 Å². The van der Waals surface area contributed by atoms with Crippen molar-refractivity contribution in [2.75, 3.05) is 0 Å². The van der Waals surface area contributed by atoms with Crippen molar-refractivity contribution in [2.24, 2.45) is 0 Å². The third-order valence-electron chi connectivity index (χ3n) is 3.79. The Labute approximate surface area is 173 Å². The summed E-state index contributed by atoms with van der Waals surface area (Å²) >= 11 is 0. The first-order valence-electron chi connectivity index (χ1n) is 7.85. The average molecular weight is 391 g/mol. The van der Waals surface area contributed by atoms with Crippen LogP contribution < -0.4 is 29.6 Å². The standard InChI is InChI=1S/C16H19NO7S.Na/c18-14-11-13(25(21,22)23)16(20)17(14)24-15(19)10-6-2-5-9-12-7-3-1-4-8-12;/h1,3-4,7-8,13H,2,5-6,9-11H2,(H,21,22,23);/q;+1/p-1. The Morgan fingerprint density at radius 1 is 1.15 bits per heavy atom. The van der Waals surface area contributed by atoms with E-state index in [0.29, 0.717) is 6.42 Å². The molecule has 1 aliphatic rings. The van der Waals surface area contributed by atoms with E-state index in [1.165, 1.54) is 5.56 Å². The second kappa shape index (κ2) is 10.2. The fourth-order valence-electron chi connectivity index (χ4n) is 2.47. The van der Waals surface area contributed by atoms with Gasteiger partial charge in [0, 0.05) is 6.42 Å².